The van der Waals surface area contributed by atoms with Crippen LogP contribution >= 0.6 is 23.2 Å². The smallest absolute Gasteiger partial charge is 0.238 e. The lowest BCUT2D eigenvalue weighted by atomic mass is 9.80. The molecule has 1 aromatic carbocycles. The van der Waals surface area contributed by atoms with Crippen molar-refractivity contribution in [3.05, 3.63) is 28.2 Å². The Hall–Kier alpha value is -1.46. The normalized spacial score (nSPS) is 12.3. The lowest BCUT2D eigenvalue weighted by molar-refractivity contribution is -0.122. The summed E-state index contributed by atoms with van der Waals surface area (Å²) in [4.78, 5) is 12.5. The molecule has 110 valence electrons. The number of halogens is 2. The molecule has 1 rings (SSSR count). The van der Waals surface area contributed by atoms with Gasteiger partial charge in [0.05, 0.1) is 15.7 Å². The number of nitrogens with one attached hydrogen (secondary N) is 1. The summed E-state index contributed by atoms with van der Waals surface area (Å²) in [6.07, 6.45) is 0.785. The Morgan fingerprint density at radius 2 is 2.00 bits per heavy atom. The summed E-state index contributed by atoms with van der Waals surface area (Å²) in [5.41, 5.74) is 4.98. The maximum atomic E-state index is 12.5. The van der Waals surface area contributed by atoms with Crippen molar-refractivity contribution in [2.24, 2.45) is 16.3 Å². The van der Waals surface area contributed by atoms with Crippen molar-refractivity contribution in [3.8, 4) is 0 Å². The molecule has 0 saturated heterocycles. The number of oxime groups is 1. The van der Waals surface area contributed by atoms with Gasteiger partial charge in [-0.05, 0) is 25.0 Å². The molecule has 0 aliphatic heterocycles. The van der Waals surface area contributed by atoms with Gasteiger partial charge >= 0.3 is 0 Å². The van der Waals surface area contributed by atoms with E-state index in [2.05, 4.69) is 10.5 Å². The van der Waals surface area contributed by atoms with Gasteiger partial charge in [0.1, 0.15) is 5.41 Å². The van der Waals surface area contributed by atoms with Crippen LogP contribution in [0.4, 0.5) is 5.69 Å². The third-order valence-corrected chi connectivity index (χ3v) is 4.26. The minimum atomic E-state index is -1.08. The van der Waals surface area contributed by atoms with Gasteiger partial charge in [-0.3, -0.25) is 4.79 Å². The molecule has 1 amide bonds. The zero-order valence-electron chi connectivity index (χ0n) is 11.3. The quantitative estimate of drug-likeness (QED) is 0.336. The molecule has 0 unspecified atom stereocenters. The number of amidine groups is 1. The van der Waals surface area contributed by atoms with Crippen LogP contribution in [0.5, 0.6) is 0 Å². The number of rotatable bonds is 5. The maximum absolute atomic E-state index is 12.5. The molecule has 0 aliphatic rings. The third-order valence-electron chi connectivity index (χ3n) is 3.44. The Labute approximate surface area is 127 Å². The minimum Gasteiger partial charge on any atom is -0.409 e. The molecule has 1 aromatic rings. The summed E-state index contributed by atoms with van der Waals surface area (Å²) in [5, 5.41) is 15.1. The number of amides is 1. The molecule has 0 atom stereocenters. The fourth-order valence-corrected chi connectivity index (χ4v) is 2.34. The van der Waals surface area contributed by atoms with Crippen LogP contribution in [0, 0.1) is 5.41 Å². The topological polar surface area (TPSA) is 87.7 Å². The lowest BCUT2D eigenvalue weighted by Gasteiger charge is -2.28. The van der Waals surface area contributed by atoms with Gasteiger partial charge in [-0.15, -0.1) is 0 Å². The largest absolute Gasteiger partial charge is 0.409 e. The number of carbonyl (C=O) groups excluding carboxylic acids is 1. The zero-order valence-corrected chi connectivity index (χ0v) is 12.8. The molecule has 0 bridgehead atoms. The monoisotopic (exact) mass is 317 g/mol. The summed E-state index contributed by atoms with van der Waals surface area (Å²) >= 11 is 11.9. The van der Waals surface area contributed by atoms with Gasteiger partial charge in [-0.25, -0.2) is 0 Å². The number of hydrogen-bond acceptors (Lipinski definition) is 3. The van der Waals surface area contributed by atoms with Crippen LogP contribution in [0.15, 0.2) is 23.4 Å². The third kappa shape index (κ3) is 2.99. The zero-order chi connectivity index (χ0) is 15.3. The summed E-state index contributed by atoms with van der Waals surface area (Å²) < 4.78 is 0. The van der Waals surface area contributed by atoms with E-state index in [9.17, 15) is 4.79 Å². The standard InChI is InChI=1S/C13H17Cl2N3O2/c1-3-13(4-2,11(16)18-20)12(19)17-9-7-5-6-8(14)10(9)15/h5-7,20H,3-4H2,1-2H3,(H2,16,18)(H,17,19). The average molecular weight is 318 g/mol. The number of nitrogens with two attached hydrogens (primary N) is 1. The van der Waals surface area contributed by atoms with E-state index in [1.54, 1.807) is 32.0 Å². The molecule has 4 N–H and O–H groups in total. The van der Waals surface area contributed by atoms with Crippen molar-refractivity contribution in [2.75, 3.05) is 5.32 Å². The Morgan fingerprint density at radius 3 is 2.50 bits per heavy atom. The highest BCUT2D eigenvalue weighted by Gasteiger charge is 2.40. The Balaban J connectivity index is 3.13. The molecule has 20 heavy (non-hydrogen) atoms. The molecular formula is C13H17Cl2N3O2. The molecule has 0 aliphatic carbocycles. The fourth-order valence-electron chi connectivity index (χ4n) is 1.99. The minimum absolute atomic E-state index is 0.127. The van der Waals surface area contributed by atoms with Crippen LogP contribution in [-0.4, -0.2) is 17.0 Å². The molecule has 0 saturated carbocycles. The van der Waals surface area contributed by atoms with E-state index in [1.165, 1.54) is 0 Å². The Bertz CT molecular complexity index is 528. The molecule has 0 spiro atoms. The van der Waals surface area contributed by atoms with Gasteiger partial charge in [0, 0.05) is 0 Å². The van der Waals surface area contributed by atoms with Gasteiger partial charge in [0.25, 0.3) is 0 Å². The van der Waals surface area contributed by atoms with Gasteiger partial charge in [-0.1, -0.05) is 48.3 Å². The number of anilines is 1. The molecule has 5 nitrogen and oxygen atoms in total. The molecule has 7 heteroatoms. The maximum Gasteiger partial charge on any atom is 0.238 e. The van der Waals surface area contributed by atoms with Crippen molar-refractivity contribution in [2.45, 2.75) is 26.7 Å². The molecule has 0 heterocycles. The van der Waals surface area contributed by atoms with Crippen LogP contribution in [0.2, 0.25) is 10.0 Å². The molecule has 0 fully saturated rings. The van der Waals surface area contributed by atoms with E-state index in [1.807, 2.05) is 0 Å². The van der Waals surface area contributed by atoms with Crippen LogP contribution in [0.25, 0.3) is 0 Å². The summed E-state index contributed by atoms with van der Waals surface area (Å²) in [5.74, 6) is -0.514. The van der Waals surface area contributed by atoms with Crippen molar-refractivity contribution in [3.63, 3.8) is 0 Å². The van der Waals surface area contributed by atoms with E-state index in [0.717, 1.165) is 0 Å². The van der Waals surface area contributed by atoms with Crippen LogP contribution in [0.3, 0.4) is 0 Å². The SMILES string of the molecule is CCC(CC)(C(=O)Nc1cccc(Cl)c1Cl)C(N)=NO. The Kier molecular flexibility index (Phi) is 5.65. The highest BCUT2D eigenvalue weighted by molar-refractivity contribution is 6.44. The van der Waals surface area contributed by atoms with E-state index >= 15 is 0 Å². The highest BCUT2D eigenvalue weighted by Crippen LogP contribution is 2.33. The van der Waals surface area contributed by atoms with Crippen molar-refractivity contribution in [1.82, 2.24) is 0 Å². The molecule has 0 aromatic heterocycles. The summed E-state index contributed by atoms with van der Waals surface area (Å²) in [6, 6.07) is 4.93. The first kappa shape index (κ1) is 16.6. The molecular weight excluding hydrogens is 301 g/mol. The second-order valence-corrected chi connectivity index (χ2v) is 5.12. The second kappa shape index (κ2) is 6.81. The van der Waals surface area contributed by atoms with Crippen LogP contribution in [-0.2, 0) is 4.79 Å². The molecule has 0 radical (unpaired) electrons. The second-order valence-electron chi connectivity index (χ2n) is 4.33. The van der Waals surface area contributed by atoms with E-state index in [4.69, 9.17) is 34.1 Å². The first-order chi connectivity index (χ1) is 9.42. The van der Waals surface area contributed by atoms with Gasteiger partial charge in [0.2, 0.25) is 5.91 Å². The van der Waals surface area contributed by atoms with Crippen molar-refractivity contribution >= 4 is 40.6 Å². The van der Waals surface area contributed by atoms with Crippen molar-refractivity contribution < 1.29 is 10.0 Å². The van der Waals surface area contributed by atoms with Crippen LogP contribution in [0.1, 0.15) is 26.7 Å². The number of carbonyl (C=O) groups is 1. The van der Waals surface area contributed by atoms with Crippen molar-refractivity contribution in [1.29, 1.82) is 0 Å². The lowest BCUT2D eigenvalue weighted by Crippen LogP contribution is -2.46. The first-order valence-electron chi connectivity index (χ1n) is 6.16. The average Bonchev–Trinajstić information content (AvgIpc) is 2.45. The number of benzene rings is 1. The summed E-state index contributed by atoms with van der Waals surface area (Å²) in [6.45, 7) is 3.58. The van der Waals surface area contributed by atoms with E-state index in [0.29, 0.717) is 23.6 Å². The van der Waals surface area contributed by atoms with Crippen LogP contribution < -0.4 is 11.1 Å². The highest BCUT2D eigenvalue weighted by atomic mass is 35.5. The number of hydrogen-bond donors (Lipinski definition) is 3. The van der Waals surface area contributed by atoms with E-state index < -0.39 is 5.41 Å². The predicted molar refractivity (Wildman–Crippen MR) is 81.5 cm³/mol. The van der Waals surface area contributed by atoms with Gasteiger partial charge < -0.3 is 16.3 Å². The Morgan fingerprint density at radius 1 is 1.40 bits per heavy atom. The van der Waals surface area contributed by atoms with Gasteiger partial charge in [-0.2, -0.15) is 0 Å². The predicted octanol–water partition coefficient (Wildman–Crippen LogP) is 3.48. The first-order valence-corrected chi connectivity index (χ1v) is 6.92. The van der Waals surface area contributed by atoms with E-state index in [-0.39, 0.29) is 16.8 Å². The summed E-state index contributed by atoms with van der Waals surface area (Å²) in [7, 11) is 0. The number of nitrogens with zero attached hydrogens (tertiary/aromatic N) is 1. The fraction of sp³-hybridized carbons (Fsp3) is 0.385. The van der Waals surface area contributed by atoms with Gasteiger partial charge in [0.15, 0.2) is 5.84 Å².